The Kier molecular flexibility index (Phi) is 4.13. The number of benzene rings is 1. The molecule has 0 spiro atoms. The fraction of sp³-hybridized carbons (Fsp3) is 0.308. The molecule has 1 aliphatic heterocycles. The highest BCUT2D eigenvalue weighted by Crippen LogP contribution is 2.22. The van der Waals surface area contributed by atoms with Gasteiger partial charge in [0, 0.05) is 24.3 Å². The van der Waals surface area contributed by atoms with Crippen molar-refractivity contribution in [2.24, 2.45) is 0 Å². The van der Waals surface area contributed by atoms with Crippen LogP contribution in [0, 0.1) is 11.3 Å². The molecule has 4 nitrogen and oxygen atoms in total. The normalized spacial score (nSPS) is 16.4. The van der Waals surface area contributed by atoms with Gasteiger partial charge in [-0.3, -0.25) is 0 Å². The number of halogens is 1. The van der Waals surface area contributed by atoms with Crippen LogP contribution in [0.1, 0.15) is 12.8 Å². The lowest BCUT2D eigenvalue weighted by molar-refractivity contribution is 0.466. The van der Waals surface area contributed by atoms with Gasteiger partial charge in [0.25, 0.3) is 0 Å². The standard InChI is InChI=1S/C13H13ClN2O2S/c14-11-3-5-12(6-4-11)19(17,18)13(9-15)10-16-7-1-2-8-16/h3-6,10H,1-2,7-8H2. The SMILES string of the molecule is N#CC(=CN1CCCC1)S(=O)(=O)c1ccc(Cl)cc1. The van der Waals surface area contributed by atoms with Gasteiger partial charge in [0.1, 0.15) is 6.07 Å². The summed E-state index contributed by atoms with van der Waals surface area (Å²) in [5, 5.41) is 9.55. The van der Waals surface area contributed by atoms with Crippen LogP contribution in [0.2, 0.25) is 5.02 Å². The van der Waals surface area contributed by atoms with Crippen molar-refractivity contribution < 1.29 is 8.42 Å². The minimum atomic E-state index is -3.76. The van der Waals surface area contributed by atoms with Crippen molar-refractivity contribution >= 4 is 21.4 Å². The molecule has 100 valence electrons. The van der Waals surface area contributed by atoms with Crippen molar-refractivity contribution in [3.8, 4) is 6.07 Å². The number of likely N-dealkylation sites (tertiary alicyclic amines) is 1. The van der Waals surface area contributed by atoms with Gasteiger partial charge in [-0.2, -0.15) is 5.26 Å². The highest BCUT2D eigenvalue weighted by Gasteiger charge is 2.22. The Labute approximate surface area is 117 Å². The zero-order valence-corrected chi connectivity index (χ0v) is 11.8. The van der Waals surface area contributed by atoms with E-state index in [4.69, 9.17) is 16.9 Å². The predicted molar refractivity (Wildman–Crippen MR) is 73.1 cm³/mol. The Bertz CT molecular complexity index is 624. The maximum Gasteiger partial charge on any atom is 0.218 e. The summed E-state index contributed by atoms with van der Waals surface area (Å²) in [6, 6.07) is 7.60. The second-order valence-corrected chi connectivity index (χ2v) is 6.66. The summed E-state index contributed by atoms with van der Waals surface area (Å²) in [5.41, 5.74) is 0. The Hall–Kier alpha value is -1.51. The molecule has 0 saturated carbocycles. The van der Waals surface area contributed by atoms with Crippen molar-refractivity contribution in [2.45, 2.75) is 17.7 Å². The lowest BCUT2D eigenvalue weighted by atomic mass is 10.4. The largest absolute Gasteiger partial charge is 0.376 e. The first kappa shape index (κ1) is 13.9. The van der Waals surface area contributed by atoms with Gasteiger partial charge < -0.3 is 4.90 Å². The number of allylic oxidation sites excluding steroid dienone is 1. The van der Waals surface area contributed by atoms with Crippen LogP contribution in [-0.4, -0.2) is 26.4 Å². The molecule has 0 radical (unpaired) electrons. The molecule has 0 aliphatic carbocycles. The minimum Gasteiger partial charge on any atom is -0.376 e. The van der Waals surface area contributed by atoms with Crippen molar-refractivity contribution in [3.63, 3.8) is 0 Å². The molecular weight excluding hydrogens is 284 g/mol. The number of rotatable bonds is 3. The molecular formula is C13H13ClN2O2S. The summed E-state index contributed by atoms with van der Waals surface area (Å²) in [5.74, 6) is 0. The molecule has 0 unspecified atom stereocenters. The first-order valence-electron chi connectivity index (χ1n) is 5.90. The number of hydrogen-bond acceptors (Lipinski definition) is 4. The average Bonchev–Trinajstić information content (AvgIpc) is 2.89. The van der Waals surface area contributed by atoms with E-state index in [1.54, 1.807) is 6.07 Å². The van der Waals surface area contributed by atoms with E-state index in [0.29, 0.717) is 5.02 Å². The van der Waals surface area contributed by atoms with Gasteiger partial charge in [0.2, 0.25) is 9.84 Å². The number of nitrogens with zero attached hydrogens (tertiary/aromatic N) is 2. The molecule has 1 saturated heterocycles. The van der Waals surface area contributed by atoms with Crippen LogP contribution in [-0.2, 0) is 9.84 Å². The quantitative estimate of drug-likeness (QED) is 0.804. The van der Waals surface area contributed by atoms with Gasteiger partial charge in [-0.25, -0.2) is 8.42 Å². The molecule has 1 aromatic carbocycles. The van der Waals surface area contributed by atoms with Crippen molar-refractivity contribution in [2.75, 3.05) is 13.1 Å². The van der Waals surface area contributed by atoms with E-state index in [-0.39, 0.29) is 9.80 Å². The third kappa shape index (κ3) is 3.09. The van der Waals surface area contributed by atoms with E-state index in [1.165, 1.54) is 30.5 Å². The molecule has 1 fully saturated rings. The van der Waals surface area contributed by atoms with Crippen LogP contribution in [0.3, 0.4) is 0 Å². The van der Waals surface area contributed by atoms with Crippen LogP contribution in [0.25, 0.3) is 0 Å². The van der Waals surface area contributed by atoms with E-state index in [9.17, 15) is 8.42 Å². The number of nitriles is 1. The Balaban J connectivity index is 2.36. The summed E-state index contributed by atoms with van der Waals surface area (Å²) in [6.07, 6.45) is 3.49. The molecule has 0 amide bonds. The first-order valence-corrected chi connectivity index (χ1v) is 7.77. The monoisotopic (exact) mass is 296 g/mol. The average molecular weight is 297 g/mol. The third-order valence-electron chi connectivity index (χ3n) is 2.96. The van der Waals surface area contributed by atoms with Crippen LogP contribution in [0.5, 0.6) is 0 Å². The first-order chi connectivity index (χ1) is 9.04. The molecule has 6 heteroatoms. The van der Waals surface area contributed by atoms with Crippen LogP contribution in [0.15, 0.2) is 40.3 Å². The number of hydrogen-bond donors (Lipinski definition) is 0. The van der Waals surface area contributed by atoms with Gasteiger partial charge in [0.15, 0.2) is 4.91 Å². The highest BCUT2D eigenvalue weighted by molar-refractivity contribution is 7.95. The molecule has 0 bridgehead atoms. The summed E-state index contributed by atoms with van der Waals surface area (Å²) in [6.45, 7) is 1.59. The summed E-state index contributed by atoms with van der Waals surface area (Å²) in [7, 11) is -3.76. The van der Waals surface area contributed by atoms with Crippen molar-refractivity contribution in [3.05, 3.63) is 40.4 Å². The Morgan fingerprint density at radius 1 is 1.26 bits per heavy atom. The van der Waals surface area contributed by atoms with Crippen LogP contribution in [0.4, 0.5) is 0 Å². The van der Waals surface area contributed by atoms with E-state index < -0.39 is 9.84 Å². The molecule has 1 heterocycles. The van der Waals surface area contributed by atoms with Crippen molar-refractivity contribution in [1.29, 1.82) is 5.26 Å². The summed E-state index contributed by atoms with van der Waals surface area (Å²) < 4.78 is 24.6. The van der Waals surface area contributed by atoms with Gasteiger partial charge in [0.05, 0.1) is 4.90 Å². The van der Waals surface area contributed by atoms with Crippen LogP contribution < -0.4 is 0 Å². The van der Waals surface area contributed by atoms with Crippen LogP contribution >= 0.6 is 11.6 Å². The lowest BCUT2D eigenvalue weighted by Gasteiger charge is -2.12. The molecule has 1 aliphatic rings. The second kappa shape index (κ2) is 5.64. The topological polar surface area (TPSA) is 61.2 Å². The van der Waals surface area contributed by atoms with Crippen molar-refractivity contribution in [1.82, 2.24) is 4.90 Å². The molecule has 0 aromatic heterocycles. The molecule has 2 rings (SSSR count). The zero-order valence-electron chi connectivity index (χ0n) is 10.2. The van der Waals surface area contributed by atoms with E-state index in [0.717, 1.165) is 25.9 Å². The Morgan fingerprint density at radius 2 is 1.84 bits per heavy atom. The second-order valence-electron chi connectivity index (χ2n) is 4.31. The van der Waals surface area contributed by atoms with E-state index in [1.807, 2.05) is 4.90 Å². The Morgan fingerprint density at radius 3 is 2.37 bits per heavy atom. The smallest absolute Gasteiger partial charge is 0.218 e. The fourth-order valence-electron chi connectivity index (χ4n) is 1.94. The van der Waals surface area contributed by atoms with Gasteiger partial charge in [-0.05, 0) is 37.1 Å². The van der Waals surface area contributed by atoms with E-state index >= 15 is 0 Å². The third-order valence-corrected chi connectivity index (χ3v) is 4.88. The molecule has 19 heavy (non-hydrogen) atoms. The molecule has 0 atom stereocenters. The van der Waals surface area contributed by atoms with Gasteiger partial charge in [-0.15, -0.1) is 0 Å². The summed E-state index contributed by atoms with van der Waals surface area (Å²) in [4.78, 5) is 1.73. The number of sulfone groups is 1. The lowest BCUT2D eigenvalue weighted by Crippen LogP contribution is -2.14. The summed E-state index contributed by atoms with van der Waals surface area (Å²) >= 11 is 5.73. The molecule has 0 N–H and O–H groups in total. The minimum absolute atomic E-state index is 0.0869. The molecule has 1 aromatic rings. The predicted octanol–water partition coefficient (Wildman–Crippen LogP) is 2.57. The zero-order chi connectivity index (χ0) is 13.9. The van der Waals surface area contributed by atoms with Gasteiger partial charge in [-0.1, -0.05) is 11.6 Å². The highest BCUT2D eigenvalue weighted by atomic mass is 35.5. The maximum atomic E-state index is 12.3. The van der Waals surface area contributed by atoms with Gasteiger partial charge >= 0.3 is 0 Å². The fourth-order valence-corrected chi connectivity index (χ4v) is 3.22. The maximum absolute atomic E-state index is 12.3. The van der Waals surface area contributed by atoms with E-state index in [2.05, 4.69) is 0 Å².